The van der Waals surface area contributed by atoms with Gasteiger partial charge < -0.3 is 4.90 Å². The van der Waals surface area contributed by atoms with Gasteiger partial charge in [-0.15, -0.1) is 0 Å². The van der Waals surface area contributed by atoms with Crippen LogP contribution in [0.2, 0.25) is 0 Å². The molecule has 0 amide bonds. The summed E-state index contributed by atoms with van der Waals surface area (Å²) in [5.74, 6) is 0. The summed E-state index contributed by atoms with van der Waals surface area (Å²) in [7, 11) is 0. The highest BCUT2D eigenvalue weighted by atomic mass is 15.1. The molecular weight excluding hydrogens is 615 g/mol. The first kappa shape index (κ1) is 31.6. The third kappa shape index (κ3) is 6.79. The van der Waals surface area contributed by atoms with Crippen molar-refractivity contribution in [2.75, 3.05) is 4.90 Å². The summed E-state index contributed by atoms with van der Waals surface area (Å²) in [4.78, 5) is 2.35. The van der Waals surface area contributed by atoms with Gasteiger partial charge in [-0.3, -0.25) is 0 Å². The van der Waals surface area contributed by atoms with Crippen LogP contribution in [-0.4, -0.2) is 0 Å². The van der Waals surface area contributed by atoms with Crippen molar-refractivity contribution in [1.82, 2.24) is 0 Å². The average molecular weight is 652 g/mol. The topological polar surface area (TPSA) is 3.24 Å². The van der Waals surface area contributed by atoms with E-state index in [1.54, 1.807) is 0 Å². The van der Waals surface area contributed by atoms with E-state index in [0.29, 0.717) is 0 Å². The number of nitrogens with zero attached hydrogens (tertiary/aromatic N) is 1. The van der Waals surface area contributed by atoms with Crippen molar-refractivity contribution >= 4 is 28.2 Å². The molecule has 8 aromatic rings. The Labute approximate surface area is 301 Å². The molecule has 0 aliphatic rings. The van der Waals surface area contributed by atoms with Crippen LogP contribution in [0.25, 0.3) is 33.4 Å². The molecule has 242 valence electrons. The van der Waals surface area contributed by atoms with E-state index in [4.69, 9.17) is 0 Å². The maximum atomic E-state index is 2.35. The molecule has 0 N–H and O–H groups in total. The molecule has 0 aliphatic carbocycles. The second kappa shape index (κ2) is 14.8. The van der Waals surface area contributed by atoms with Crippen LogP contribution in [0.5, 0.6) is 0 Å². The minimum absolute atomic E-state index is 1.11. The average Bonchev–Trinajstić information content (AvgIpc) is 3.22. The summed E-state index contributed by atoms with van der Waals surface area (Å²) in [6.07, 6.45) is 0. The molecule has 0 atom stereocenters. The fourth-order valence-electron chi connectivity index (χ4n) is 6.89. The molecule has 0 saturated heterocycles. The molecule has 0 heterocycles. The first-order chi connectivity index (χ1) is 25.3. The van der Waals surface area contributed by atoms with Crippen molar-refractivity contribution in [2.45, 2.75) is 0 Å². The normalized spacial score (nSPS) is 10.7. The van der Waals surface area contributed by atoms with Gasteiger partial charge in [-0.2, -0.15) is 0 Å². The van der Waals surface area contributed by atoms with Crippen molar-refractivity contribution in [2.24, 2.45) is 0 Å². The van der Waals surface area contributed by atoms with Crippen LogP contribution in [0.4, 0.5) is 17.1 Å². The van der Waals surface area contributed by atoms with Crippen LogP contribution < -0.4 is 4.90 Å². The lowest BCUT2D eigenvalue weighted by Gasteiger charge is -2.28. The Kier molecular flexibility index (Phi) is 9.17. The second-order valence-electron chi connectivity index (χ2n) is 12.5. The van der Waals surface area contributed by atoms with Crippen LogP contribution in [0.15, 0.2) is 224 Å². The van der Waals surface area contributed by atoms with Crippen LogP contribution >= 0.6 is 0 Å². The van der Waals surface area contributed by atoms with E-state index in [2.05, 4.69) is 229 Å². The maximum absolute atomic E-state index is 2.35. The molecule has 0 unspecified atom stereocenters. The number of benzene rings is 8. The van der Waals surface area contributed by atoms with Gasteiger partial charge in [0.15, 0.2) is 0 Å². The van der Waals surface area contributed by atoms with E-state index >= 15 is 0 Å². The van der Waals surface area contributed by atoms with Crippen molar-refractivity contribution in [3.63, 3.8) is 0 Å². The molecule has 8 aromatic carbocycles. The van der Waals surface area contributed by atoms with Gasteiger partial charge in [-0.25, -0.2) is 0 Å². The summed E-state index contributed by atoms with van der Waals surface area (Å²) < 4.78 is 0. The van der Waals surface area contributed by atoms with Crippen molar-refractivity contribution in [3.8, 4) is 22.3 Å². The Morgan fingerprint density at radius 3 is 1.10 bits per heavy atom. The highest BCUT2D eigenvalue weighted by Crippen LogP contribution is 2.42. The predicted octanol–water partition coefficient (Wildman–Crippen LogP) is 13.5. The molecule has 1 nitrogen and oxygen atoms in total. The lowest BCUT2D eigenvalue weighted by molar-refractivity contribution is 1.28. The molecule has 1 heteroatoms. The highest BCUT2D eigenvalue weighted by molar-refractivity contribution is 6.04. The minimum atomic E-state index is 1.11. The zero-order valence-electron chi connectivity index (χ0n) is 28.3. The SMILES string of the molecule is c1ccc(C(=C(c2ccccc2)c2ccc(-c3ccc(N(c4ccccc4)c4ccccc4-c4ccccc4)cc3)cc2)c2ccccc2)cc1. The van der Waals surface area contributed by atoms with Gasteiger partial charge in [-0.05, 0) is 80.4 Å². The van der Waals surface area contributed by atoms with Crippen molar-refractivity contribution < 1.29 is 0 Å². The van der Waals surface area contributed by atoms with Crippen LogP contribution in [-0.2, 0) is 0 Å². The molecular formula is C50H37N. The molecule has 0 aromatic heterocycles. The molecule has 8 rings (SSSR count). The smallest absolute Gasteiger partial charge is 0.0540 e. The van der Waals surface area contributed by atoms with Gasteiger partial charge in [0.05, 0.1) is 5.69 Å². The molecule has 0 radical (unpaired) electrons. The van der Waals surface area contributed by atoms with E-state index in [0.717, 1.165) is 17.1 Å². The Morgan fingerprint density at radius 1 is 0.255 bits per heavy atom. The molecule has 0 aliphatic heterocycles. The summed E-state index contributed by atoms with van der Waals surface area (Å²) in [6.45, 7) is 0. The molecule has 0 fully saturated rings. The molecule has 0 bridgehead atoms. The first-order valence-corrected chi connectivity index (χ1v) is 17.4. The number of hydrogen-bond acceptors (Lipinski definition) is 1. The Bertz CT molecular complexity index is 2300. The third-order valence-electron chi connectivity index (χ3n) is 9.31. The largest absolute Gasteiger partial charge is 0.310 e. The van der Waals surface area contributed by atoms with E-state index in [1.165, 1.54) is 55.7 Å². The summed E-state index contributed by atoms with van der Waals surface area (Å²) in [5.41, 5.74) is 15.3. The Hall–Kier alpha value is -6.70. The quantitative estimate of drug-likeness (QED) is 0.140. The zero-order valence-corrected chi connectivity index (χ0v) is 28.3. The van der Waals surface area contributed by atoms with Crippen LogP contribution in [0.1, 0.15) is 22.3 Å². The van der Waals surface area contributed by atoms with E-state index < -0.39 is 0 Å². The van der Waals surface area contributed by atoms with Gasteiger partial charge >= 0.3 is 0 Å². The van der Waals surface area contributed by atoms with E-state index in [9.17, 15) is 0 Å². The summed E-state index contributed by atoms with van der Waals surface area (Å²) in [5, 5.41) is 0. The van der Waals surface area contributed by atoms with Gasteiger partial charge in [0.2, 0.25) is 0 Å². The first-order valence-electron chi connectivity index (χ1n) is 17.4. The standard InChI is InChI=1S/C50H37N/c1-6-18-40(19-7-1)47-28-16-17-29-48(47)51(45-26-14-5-15-27-45)46-36-34-39(35-37-46)38-30-32-44(33-31-38)50(43-24-12-4-13-25-43)49(41-20-8-2-9-21-41)42-22-10-3-11-23-42/h1-37H. The molecule has 0 spiro atoms. The van der Waals surface area contributed by atoms with Crippen molar-refractivity contribution in [1.29, 1.82) is 0 Å². The number of para-hydroxylation sites is 2. The zero-order chi connectivity index (χ0) is 34.2. The number of hydrogen-bond donors (Lipinski definition) is 0. The highest BCUT2D eigenvalue weighted by Gasteiger charge is 2.18. The lowest BCUT2D eigenvalue weighted by atomic mass is 9.85. The third-order valence-corrected chi connectivity index (χ3v) is 9.31. The fourth-order valence-corrected chi connectivity index (χ4v) is 6.89. The van der Waals surface area contributed by atoms with E-state index in [1.807, 2.05) is 0 Å². The molecule has 0 saturated carbocycles. The Balaban J connectivity index is 1.19. The second-order valence-corrected chi connectivity index (χ2v) is 12.5. The molecule has 51 heavy (non-hydrogen) atoms. The maximum Gasteiger partial charge on any atom is 0.0540 e. The summed E-state index contributed by atoms with van der Waals surface area (Å²) in [6, 6.07) is 80.0. The van der Waals surface area contributed by atoms with Gasteiger partial charge in [0, 0.05) is 16.9 Å². The van der Waals surface area contributed by atoms with E-state index in [-0.39, 0.29) is 0 Å². The van der Waals surface area contributed by atoms with Crippen LogP contribution in [0, 0.1) is 0 Å². The lowest BCUT2D eigenvalue weighted by Crippen LogP contribution is -2.11. The minimum Gasteiger partial charge on any atom is -0.310 e. The van der Waals surface area contributed by atoms with Gasteiger partial charge in [0.1, 0.15) is 0 Å². The predicted molar refractivity (Wildman–Crippen MR) is 216 cm³/mol. The fraction of sp³-hybridized carbons (Fsp3) is 0. The summed E-state index contributed by atoms with van der Waals surface area (Å²) >= 11 is 0. The van der Waals surface area contributed by atoms with Gasteiger partial charge in [0.25, 0.3) is 0 Å². The van der Waals surface area contributed by atoms with Crippen LogP contribution in [0.3, 0.4) is 0 Å². The van der Waals surface area contributed by atoms with Gasteiger partial charge in [-0.1, -0.05) is 194 Å². The number of anilines is 3. The van der Waals surface area contributed by atoms with Crippen molar-refractivity contribution in [3.05, 3.63) is 247 Å². The monoisotopic (exact) mass is 651 g/mol. The Morgan fingerprint density at radius 2 is 0.608 bits per heavy atom. The number of rotatable bonds is 9.